The minimum atomic E-state index is -4.47. The number of nitrogens with zero attached hydrogens (tertiary/aromatic N) is 2. The van der Waals surface area contributed by atoms with Gasteiger partial charge in [-0.1, -0.05) is 24.3 Å². The van der Waals surface area contributed by atoms with Crippen molar-refractivity contribution in [2.24, 2.45) is 5.10 Å². The van der Waals surface area contributed by atoms with Crippen molar-refractivity contribution in [1.82, 2.24) is 0 Å². The van der Waals surface area contributed by atoms with E-state index >= 15 is 0 Å². The van der Waals surface area contributed by atoms with Crippen molar-refractivity contribution in [3.8, 4) is 0 Å². The maximum atomic E-state index is 11.9. The molecule has 25 heavy (non-hydrogen) atoms. The van der Waals surface area contributed by atoms with Gasteiger partial charge < -0.3 is 4.55 Å². The van der Waals surface area contributed by atoms with Crippen molar-refractivity contribution in [2.75, 3.05) is 12.1 Å². The Morgan fingerprint density at radius 2 is 1.56 bits per heavy atom. The first-order valence-electron chi connectivity index (χ1n) is 7.06. The predicted octanol–water partition coefficient (Wildman–Crippen LogP) is -0.812. The van der Waals surface area contributed by atoms with Crippen LogP contribution in [0.5, 0.6) is 0 Å². The largest absolute Gasteiger partial charge is 1.00 e. The van der Waals surface area contributed by atoms with E-state index in [9.17, 15) is 17.8 Å². The summed E-state index contributed by atoms with van der Waals surface area (Å²) in [5.41, 5.74) is 2.54. The zero-order chi connectivity index (χ0) is 17.3. The molecule has 0 saturated heterocycles. The molecule has 0 amide bonds. The summed E-state index contributed by atoms with van der Waals surface area (Å²) in [7, 11) is -2.78. The van der Waals surface area contributed by atoms with Crippen LogP contribution >= 0.6 is 0 Å². The van der Waals surface area contributed by atoms with E-state index in [2.05, 4.69) is 5.10 Å². The second kappa shape index (κ2) is 7.63. The number of carbonyl (C=O) groups is 1. The minimum absolute atomic E-state index is 0. The number of fused-ring (bicyclic) bond motifs is 1. The van der Waals surface area contributed by atoms with Crippen molar-refractivity contribution >= 4 is 27.3 Å². The molecule has 1 aliphatic carbocycles. The molecule has 0 saturated carbocycles. The van der Waals surface area contributed by atoms with Gasteiger partial charge in [-0.25, -0.2) is 8.42 Å². The maximum Gasteiger partial charge on any atom is 1.00 e. The first-order chi connectivity index (χ1) is 11.4. The van der Waals surface area contributed by atoms with Crippen LogP contribution < -0.4 is 34.6 Å². The van der Waals surface area contributed by atoms with E-state index in [-0.39, 0.29) is 40.2 Å². The molecule has 122 valence electrons. The molecule has 0 aromatic heterocycles. The van der Waals surface area contributed by atoms with Gasteiger partial charge in [-0.15, -0.1) is 0 Å². The van der Waals surface area contributed by atoms with E-state index in [0.717, 1.165) is 5.56 Å². The summed E-state index contributed by atoms with van der Waals surface area (Å²) in [6.45, 7) is 0. The maximum absolute atomic E-state index is 11.9. The van der Waals surface area contributed by atoms with Gasteiger partial charge >= 0.3 is 29.6 Å². The number of carbonyl (C=O) groups excluding carboxylic acids is 1. The van der Waals surface area contributed by atoms with Gasteiger partial charge in [0, 0.05) is 18.2 Å². The quantitative estimate of drug-likeness (QED) is 0.404. The fourth-order valence-electron chi connectivity index (χ4n) is 2.39. The first kappa shape index (κ1) is 19.6. The molecule has 0 radical (unpaired) electrons. The summed E-state index contributed by atoms with van der Waals surface area (Å²) >= 11 is 0. The van der Waals surface area contributed by atoms with Gasteiger partial charge in [-0.05, 0) is 36.4 Å². The van der Waals surface area contributed by atoms with Crippen LogP contribution in [0.3, 0.4) is 0 Å². The number of hydrazone groups is 1. The molecule has 0 spiro atoms. The summed E-state index contributed by atoms with van der Waals surface area (Å²) in [5.74, 6) is -0.0720. The van der Waals surface area contributed by atoms with Crippen LogP contribution in [0.1, 0.15) is 15.9 Å². The summed E-state index contributed by atoms with van der Waals surface area (Å²) in [4.78, 5) is 11.6. The van der Waals surface area contributed by atoms with Gasteiger partial charge in [0.05, 0.1) is 16.3 Å². The molecule has 3 rings (SSSR count). The molecule has 0 unspecified atom stereocenters. The van der Waals surface area contributed by atoms with Gasteiger partial charge in [0.2, 0.25) is 0 Å². The Morgan fingerprint density at radius 1 is 0.960 bits per heavy atom. The van der Waals surface area contributed by atoms with Crippen LogP contribution in [-0.2, 0) is 10.1 Å². The molecule has 0 atom stereocenters. The molecule has 0 heterocycles. The average Bonchev–Trinajstić information content (AvgIpc) is 2.57. The monoisotopic (exact) mass is 364 g/mol. The Labute approximate surface area is 167 Å². The second-order valence-electron chi connectivity index (χ2n) is 5.20. The van der Waals surface area contributed by atoms with Crippen LogP contribution in [0.4, 0.5) is 5.69 Å². The molecule has 0 bridgehead atoms. The molecule has 1 aliphatic rings. The van der Waals surface area contributed by atoms with E-state index in [4.69, 9.17) is 0 Å². The molecule has 6 nitrogen and oxygen atoms in total. The van der Waals surface area contributed by atoms with Gasteiger partial charge in [0.1, 0.15) is 10.1 Å². The molecule has 0 fully saturated rings. The average molecular weight is 364 g/mol. The Morgan fingerprint density at radius 3 is 2.16 bits per heavy atom. The Bertz CT molecular complexity index is 966. The van der Waals surface area contributed by atoms with E-state index in [1.54, 1.807) is 30.3 Å². The molecule has 8 heteroatoms. The Kier molecular flexibility index (Phi) is 5.97. The molecular formula is C17H13N2NaO4S. The summed E-state index contributed by atoms with van der Waals surface area (Å²) < 4.78 is 32.9. The fourth-order valence-corrected chi connectivity index (χ4v) is 2.86. The molecule has 0 aliphatic heterocycles. The van der Waals surface area contributed by atoms with Gasteiger partial charge in [0.15, 0.2) is 5.78 Å². The number of hydrogen-bond donors (Lipinski definition) is 0. The molecule has 2 aromatic carbocycles. The zero-order valence-electron chi connectivity index (χ0n) is 13.7. The molecule has 2 aromatic rings. The number of benzene rings is 2. The minimum Gasteiger partial charge on any atom is -0.744 e. The number of rotatable bonds is 3. The SMILES string of the molecule is CN(/N=C1/C=CC(=O)c2ccccc21)c1ccc(S(=O)(=O)[O-])cc1.[Na+]. The van der Waals surface area contributed by atoms with E-state index in [0.29, 0.717) is 17.0 Å². The Hall–Kier alpha value is -1.77. The van der Waals surface area contributed by atoms with Crippen molar-refractivity contribution in [3.05, 3.63) is 71.8 Å². The molecular weight excluding hydrogens is 351 g/mol. The predicted molar refractivity (Wildman–Crippen MR) is 89.3 cm³/mol. The van der Waals surface area contributed by atoms with Crippen LogP contribution in [0.15, 0.2) is 70.7 Å². The summed E-state index contributed by atoms with van der Waals surface area (Å²) in [6, 6.07) is 12.6. The number of allylic oxidation sites excluding steroid dienone is 2. The third-order valence-electron chi connectivity index (χ3n) is 3.62. The Balaban J connectivity index is 0.00000225. The van der Waals surface area contributed by atoms with Crippen LogP contribution in [0, 0.1) is 0 Å². The summed E-state index contributed by atoms with van der Waals surface area (Å²) in [5, 5.41) is 6.01. The van der Waals surface area contributed by atoms with E-state index < -0.39 is 10.1 Å². The van der Waals surface area contributed by atoms with Gasteiger partial charge in [-0.3, -0.25) is 9.80 Å². The fraction of sp³-hybridized carbons (Fsp3) is 0.0588. The van der Waals surface area contributed by atoms with Crippen molar-refractivity contribution in [1.29, 1.82) is 0 Å². The van der Waals surface area contributed by atoms with Crippen LogP contribution in [0.2, 0.25) is 0 Å². The smallest absolute Gasteiger partial charge is 0.744 e. The van der Waals surface area contributed by atoms with Gasteiger partial charge in [0.25, 0.3) is 0 Å². The van der Waals surface area contributed by atoms with Crippen molar-refractivity contribution in [3.63, 3.8) is 0 Å². The van der Waals surface area contributed by atoms with E-state index in [1.807, 2.05) is 12.1 Å². The number of hydrogen-bond acceptors (Lipinski definition) is 6. The van der Waals surface area contributed by atoms with Crippen molar-refractivity contribution < 1.29 is 47.3 Å². The topological polar surface area (TPSA) is 89.9 Å². The molecule has 0 N–H and O–H groups in total. The normalized spacial score (nSPS) is 14.8. The van der Waals surface area contributed by atoms with Crippen molar-refractivity contribution in [2.45, 2.75) is 4.90 Å². The number of ketones is 1. The zero-order valence-corrected chi connectivity index (χ0v) is 16.5. The first-order valence-corrected chi connectivity index (χ1v) is 8.47. The third kappa shape index (κ3) is 4.26. The third-order valence-corrected chi connectivity index (χ3v) is 4.47. The summed E-state index contributed by atoms with van der Waals surface area (Å²) in [6.07, 6.45) is 3.10. The van der Waals surface area contributed by atoms with Gasteiger partial charge in [-0.2, -0.15) is 5.10 Å². The second-order valence-corrected chi connectivity index (χ2v) is 6.58. The van der Waals surface area contributed by atoms with Crippen LogP contribution in [-0.4, -0.2) is 31.5 Å². The standard InChI is InChI=1S/C17H14N2O4S.Na/c1-19(12-6-8-13(9-7-12)24(21,22)23)18-16-10-11-17(20)15-5-3-2-4-14(15)16;/h2-11H,1H3,(H,21,22,23);/q;+1/p-1/b18-16-;. The van der Waals surface area contributed by atoms with E-state index in [1.165, 1.54) is 30.3 Å². The van der Waals surface area contributed by atoms with Crippen LogP contribution in [0.25, 0.3) is 0 Å². The number of anilines is 1.